The van der Waals surface area contributed by atoms with Crippen LogP contribution in [0.25, 0.3) is 0 Å². The van der Waals surface area contributed by atoms with Gasteiger partial charge in [-0.05, 0) is 24.8 Å². The topological polar surface area (TPSA) is 32.3 Å². The maximum absolute atomic E-state index is 9.51. The Morgan fingerprint density at radius 2 is 1.61 bits per heavy atom. The van der Waals surface area contributed by atoms with E-state index >= 15 is 0 Å². The second-order valence-corrected chi connectivity index (χ2v) is 5.01. The predicted molar refractivity (Wildman–Crippen MR) is 77.8 cm³/mol. The van der Waals surface area contributed by atoms with Gasteiger partial charge >= 0.3 is 0 Å². The predicted octanol–water partition coefficient (Wildman–Crippen LogP) is 3.15. The van der Waals surface area contributed by atoms with Gasteiger partial charge in [0.05, 0.1) is 6.61 Å². The summed E-state index contributed by atoms with van der Waals surface area (Å²) in [7, 11) is 0. The molecule has 0 fully saturated rings. The molecule has 0 aliphatic heterocycles. The van der Waals surface area contributed by atoms with E-state index in [0.717, 1.165) is 6.42 Å². The number of nitrogens with one attached hydrogen (secondary N) is 1. The molecule has 0 aromatic heterocycles. The van der Waals surface area contributed by atoms with E-state index in [-0.39, 0.29) is 12.6 Å². The van der Waals surface area contributed by atoms with Gasteiger partial charge in [0.1, 0.15) is 0 Å². The molecule has 102 valence electrons. The number of benzene rings is 1. The lowest BCUT2D eigenvalue weighted by molar-refractivity contribution is 0.224. The molecule has 0 bridgehead atoms. The van der Waals surface area contributed by atoms with Crippen molar-refractivity contribution in [2.24, 2.45) is 0 Å². The zero-order valence-electron chi connectivity index (χ0n) is 11.7. The van der Waals surface area contributed by atoms with Crippen molar-refractivity contribution in [1.82, 2.24) is 5.32 Å². The number of hydrogen-bond donors (Lipinski definition) is 2. The van der Waals surface area contributed by atoms with Crippen LogP contribution in [-0.4, -0.2) is 23.8 Å². The summed E-state index contributed by atoms with van der Waals surface area (Å²) in [6, 6.07) is 11.1. The highest BCUT2D eigenvalue weighted by Crippen LogP contribution is 2.09. The van der Waals surface area contributed by atoms with Gasteiger partial charge in [-0.2, -0.15) is 0 Å². The Morgan fingerprint density at radius 1 is 1.00 bits per heavy atom. The highest BCUT2D eigenvalue weighted by Gasteiger charge is 2.13. The molecule has 2 heteroatoms. The van der Waals surface area contributed by atoms with Crippen LogP contribution in [0.2, 0.25) is 0 Å². The Kier molecular flexibility index (Phi) is 7.70. The third-order valence-corrected chi connectivity index (χ3v) is 3.29. The van der Waals surface area contributed by atoms with Crippen molar-refractivity contribution in [3.05, 3.63) is 35.9 Å². The minimum atomic E-state index is 0.176. The van der Waals surface area contributed by atoms with Gasteiger partial charge in [-0.3, -0.25) is 0 Å². The van der Waals surface area contributed by atoms with E-state index in [4.69, 9.17) is 0 Å². The Bertz CT molecular complexity index is 293. The van der Waals surface area contributed by atoms with Gasteiger partial charge in [0, 0.05) is 12.1 Å². The second-order valence-electron chi connectivity index (χ2n) is 5.01. The Labute approximate surface area is 111 Å². The highest BCUT2D eigenvalue weighted by atomic mass is 16.3. The summed E-state index contributed by atoms with van der Waals surface area (Å²) >= 11 is 0. The monoisotopic (exact) mass is 249 g/mol. The minimum Gasteiger partial charge on any atom is -0.395 e. The molecular formula is C16H27NO. The fourth-order valence-corrected chi connectivity index (χ4v) is 2.42. The van der Waals surface area contributed by atoms with E-state index in [1.165, 1.54) is 31.2 Å². The van der Waals surface area contributed by atoms with Gasteiger partial charge in [0.15, 0.2) is 0 Å². The standard InChI is InChI=1S/C16H27NO/c1-3-8-15(9-4-2)17-16(13-18)12-14-10-6-5-7-11-14/h5-7,10-11,15-18H,3-4,8-9,12-13H2,1-2H3/t16-/m1/s1. The summed E-state index contributed by atoms with van der Waals surface area (Å²) < 4.78 is 0. The average molecular weight is 249 g/mol. The molecule has 0 spiro atoms. The first-order valence-electron chi connectivity index (χ1n) is 7.21. The van der Waals surface area contributed by atoms with Crippen molar-refractivity contribution in [2.45, 2.75) is 58.0 Å². The maximum atomic E-state index is 9.51. The molecule has 1 rings (SSSR count). The Hall–Kier alpha value is -0.860. The third kappa shape index (κ3) is 5.65. The molecule has 0 aliphatic carbocycles. The van der Waals surface area contributed by atoms with E-state index in [9.17, 15) is 5.11 Å². The minimum absolute atomic E-state index is 0.176. The van der Waals surface area contributed by atoms with Crippen LogP contribution < -0.4 is 5.32 Å². The molecule has 0 amide bonds. The molecule has 0 saturated carbocycles. The van der Waals surface area contributed by atoms with E-state index in [2.05, 4.69) is 43.4 Å². The smallest absolute Gasteiger partial charge is 0.0587 e. The van der Waals surface area contributed by atoms with Crippen LogP contribution in [-0.2, 0) is 6.42 Å². The quantitative estimate of drug-likeness (QED) is 0.704. The van der Waals surface area contributed by atoms with Crippen molar-refractivity contribution < 1.29 is 5.11 Å². The zero-order valence-corrected chi connectivity index (χ0v) is 11.7. The Morgan fingerprint density at radius 3 is 2.11 bits per heavy atom. The van der Waals surface area contributed by atoms with Crippen LogP contribution >= 0.6 is 0 Å². The molecule has 18 heavy (non-hydrogen) atoms. The van der Waals surface area contributed by atoms with Gasteiger partial charge in [0.2, 0.25) is 0 Å². The first kappa shape index (κ1) is 15.2. The van der Waals surface area contributed by atoms with E-state index in [1.54, 1.807) is 0 Å². The molecule has 0 heterocycles. The molecule has 0 saturated heterocycles. The molecule has 1 aromatic carbocycles. The number of rotatable bonds is 9. The average Bonchev–Trinajstić information content (AvgIpc) is 2.39. The first-order valence-corrected chi connectivity index (χ1v) is 7.21. The van der Waals surface area contributed by atoms with Crippen LogP contribution in [0, 0.1) is 0 Å². The fourth-order valence-electron chi connectivity index (χ4n) is 2.42. The summed E-state index contributed by atoms with van der Waals surface area (Å²) in [5.74, 6) is 0. The number of aliphatic hydroxyl groups is 1. The van der Waals surface area contributed by atoms with Gasteiger partial charge in [-0.15, -0.1) is 0 Å². The van der Waals surface area contributed by atoms with Crippen LogP contribution in [0.3, 0.4) is 0 Å². The summed E-state index contributed by atoms with van der Waals surface area (Å²) in [6.45, 7) is 4.64. The van der Waals surface area contributed by atoms with Crippen molar-refractivity contribution >= 4 is 0 Å². The number of aliphatic hydroxyl groups excluding tert-OH is 1. The maximum Gasteiger partial charge on any atom is 0.0587 e. The van der Waals surface area contributed by atoms with Crippen molar-refractivity contribution in [1.29, 1.82) is 0 Å². The fraction of sp³-hybridized carbons (Fsp3) is 0.625. The van der Waals surface area contributed by atoms with Crippen molar-refractivity contribution in [3.63, 3.8) is 0 Å². The molecule has 0 radical (unpaired) electrons. The summed E-state index contributed by atoms with van der Waals surface area (Å²) in [4.78, 5) is 0. The molecule has 1 aromatic rings. The Balaban J connectivity index is 2.49. The molecule has 0 aliphatic rings. The molecule has 2 N–H and O–H groups in total. The molecule has 2 nitrogen and oxygen atoms in total. The first-order chi connectivity index (χ1) is 8.80. The largest absolute Gasteiger partial charge is 0.395 e. The lowest BCUT2D eigenvalue weighted by atomic mass is 10.0. The van der Waals surface area contributed by atoms with Crippen LogP contribution in [0.15, 0.2) is 30.3 Å². The second kappa shape index (κ2) is 9.12. The number of hydrogen-bond acceptors (Lipinski definition) is 2. The SMILES string of the molecule is CCCC(CCC)N[C@@H](CO)Cc1ccccc1. The third-order valence-electron chi connectivity index (χ3n) is 3.29. The van der Waals surface area contributed by atoms with E-state index in [0.29, 0.717) is 6.04 Å². The molecule has 1 atom stereocenters. The highest BCUT2D eigenvalue weighted by molar-refractivity contribution is 5.15. The normalized spacial score (nSPS) is 12.9. The summed E-state index contributed by atoms with van der Waals surface area (Å²) in [5.41, 5.74) is 1.29. The lowest BCUT2D eigenvalue weighted by Gasteiger charge is -2.24. The van der Waals surface area contributed by atoms with Gasteiger partial charge in [-0.25, -0.2) is 0 Å². The summed E-state index contributed by atoms with van der Waals surface area (Å²) in [6.07, 6.45) is 5.68. The molecule has 0 unspecified atom stereocenters. The van der Waals surface area contributed by atoms with E-state index in [1.807, 2.05) is 6.07 Å². The molecular weight excluding hydrogens is 222 g/mol. The van der Waals surface area contributed by atoms with E-state index < -0.39 is 0 Å². The van der Waals surface area contributed by atoms with Gasteiger partial charge in [-0.1, -0.05) is 57.0 Å². The lowest BCUT2D eigenvalue weighted by Crippen LogP contribution is -2.41. The summed E-state index contributed by atoms with van der Waals surface area (Å²) in [5, 5.41) is 13.1. The van der Waals surface area contributed by atoms with Crippen LogP contribution in [0.1, 0.15) is 45.1 Å². The van der Waals surface area contributed by atoms with Crippen LogP contribution in [0.5, 0.6) is 0 Å². The van der Waals surface area contributed by atoms with Crippen molar-refractivity contribution in [3.8, 4) is 0 Å². The van der Waals surface area contributed by atoms with Gasteiger partial charge in [0.25, 0.3) is 0 Å². The van der Waals surface area contributed by atoms with Crippen LogP contribution in [0.4, 0.5) is 0 Å². The van der Waals surface area contributed by atoms with Gasteiger partial charge < -0.3 is 10.4 Å². The zero-order chi connectivity index (χ0) is 13.2. The van der Waals surface area contributed by atoms with Crippen molar-refractivity contribution in [2.75, 3.05) is 6.61 Å².